The predicted octanol–water partition coefficient (Wildman–Crippen LogP) is 1.78. The van der Waals surface area contributed by atoms with Crippen LogP contribution in [0.3, 0.4) is 0 Å². The molecule has 0 radical (unpaired) electrons. The topological polar surface area (TPSA) is 50.2 Å². The summed E-state index contributed by atoms with van der Waals surface area (Å²) in [6.07, 6.45) is -0.0394. The van der Waals surface area contributed by atoms with Crippen molar-refractivity contribution in [3.63, 3.8) is 0 Å². The minimum atomic E-state index is -0.867. The van der Waals surface area contributed by atoms with Crippen molar-refractivity contribution in [2.24, 2.45) is 0 Å². The summed E-state index contributed by atoms with van der Waals surface area (Å²) in [4.78, 5) is 14.5. The highest BCUT2D eigenvalue weighted by Crippen LogP contribution is 2.15. The number of carbonyl (C=O) groups is 1. The van der Waals surface area contributed by atoms with Gasteiger partial charge >= 0.3 is 5.97 Å². The zero-order valence-corrected chi connectivity index (χ0v) is 8.13. The average Bonchev–Trinajstić information content (AvgIpc) is 1.96. The minimum Gasteiger partial charge on any atom is -0.481 e. The molecule has 0 amide bonds. The van der Waals surface area contributed by atoms with Gasteiger partial charge in [0.2, 0.25) is 0 Å². The molecule has 12 heavy (non-hydrogen) atoms. The van der Waals surface area contributed by atoms with Crippen molar-refractivity contribution in [1.82, 2.24) is 4.98 Å². The maximum Gasteiger partial charge on any atom is 0.309 e. The number of pyridine rings is 1. The first-order valence-corrected chi connectivity index (χ1v) is 4.22. The molecule has 1 rings (SSSR count). The van der Waals surface area contributed by atoms with Crippen molar-refractivity contribution < 1.29 is 9.90 Å². The molecular formula is C8H8BrNO2. The van der Waals surface area contributed by atoms with Crippen molar-refractivity contribution in [1.29, 1.82) is 0 Å². The Bertz CT molecular complexity index is 312. The third kappa shape index (κ3) is 2.30. The molecule has 0 bridgehead atoms. The minimum absolute atomic E-state index is 0.0394. The van der Waals surface area contributed by atoms with Crippen LogP contribution >= 0.6 is 15.9 Å². The van der Waals surface area contributed by atoms with Gasteiger partial charge in [-0.1, -0.05) is 0 Å². The van der Waals surface area contributed by atoms with E-state index < -0.39 is 5.97 Å². The lowest BCUT2D eigenvalue weighted by Gasteiger charge is -2.00. The van der Waals surface area contributed by atoms with Crippen LogP contribution in [0.4, 0.5) is 0 Å². The van der Waals surface area contributed by atoms with Crippen LogP contribution < -0.4 is 0 Å². The summed E-state index contributed by atoms with van der Waals surface area (Å²) in [6.45, 7) is 1.83. The molecule has 1 heterocycles. The lowest BCUT2D eigenvalue weighted by atomic mass is 10.2. The van der Waals surface area contributed by atoms with Gasteiger partial charge in [0.15, 0.2) is 0 Å². The molecule has 0 atom stereocenters. The number of hydrogen-bond acceptors (Lipinski definition) is 2. The Morgan fingerprint density at radius 2 is 2.33 bits per heavy atom. The first-order chi connectivity index (χ1) is 5.59. The van der Waals surface area contributed by atoms with Crippen LogP contribution in [0.15, 0.2) is 16.6 Å². The maximum absolute atomic E-state index is 10.4. The second-order valence-corrected chi connectivity index (χ2v) is 3.31. The van der Waals surface area contributed by atoms with Gasteiger partial charge in [-0.2, -0.15) is 0 Å². The van der Waals surface area contributed by atoms with Gasteiger partial charge in [-0.25, -0.2) is 0 Å². The molecule has 64 valence electrons. The molecule has 0 aliphatic heterocycles. The summed E-state index contributed by atoms with van der Waals surface area (Å²) in [5.74, 6) is -0.867. The first kappa shape index (κ1) is 9.19. The van der Waals surface area contributed by atoms with E-state index in [1.165, 1.54) is 0 Å². The lowest BCUT2D eigenvalue weighted by molar-refractivity contribution is -0.136. The summed E-state index contributed by atoms with van der Waals surface area (Å²) < 4.78 is 0.746. The van der Waals surface area contributed by atoms with Gasteiger partial charge in [0.1, 0.15) is 0 Å². The van der Waals surface area contributed by atoms with Crippen LogP contribution in [0.5, 0.6) is 0 Å². The normalized spacial score (nSPS) is 9.83. The predicted molar refractivity (Wildman–Crippen MR) is 48.0 cm³/mol. The number of carboxylic acid groups (broad SMARTS) is 1. The maximum atomic E-state index is 10.4. The molecule has 0 fully saturated rings. The van der Waals surface area contributed by atoms with Gasteiger partial charge in [-0.15, -0.1) is 0 Å². The highest BCUT2D eigenvalue weighted by molar-refractivity contribution is 9.10. The van der Waals surface area contributed by atoms with Crippen LogP contribution in [0, 0.1) is 6.92 Å². The van der Waals surface area contributed by atoms with Gasteiger partial charge in [-0.3, -0.25) is 9.78 Å². The zero-order chi connectivity index (χ0) is 9.14. The zero-order valence-electron chi connectivity index (χ0n) is 6.54. The standard InChI is InChI=1S/C8H8BrNO2/c1-5-2-3-6(9)7(10-5)4-8(11)12/h2-3H,4H2,1H3,(H,11,12). The van der Waals surface area contributed by atoms with Crippen LogP contribution in [0.2, 0.25) is 0 Å². The number of nitrogens with zero attached hydrogens (tertiary/aromatic N) is 1. The fraction of sp³-hybridized carbons (Fsp3) is 0.250. The van der Waals surface area contributed by atoms with Gasteiger partial charge < -0.3 is 5.11 Å². The Hall–Kier alpha value is -0.900. The Labute approximate surface area is 78.6 Å². The van der Waals surface area contributed by atoms with E-state index >= 15 is 0 Å². The van der Waals surface area contributed by atoms with E-state index in [1.807, 2.05) is 13.0 Å². The molecule has 0 aromatic carbocycles. The molecule has 0 saturated carbocycles. The van der Waals surface area contributed by atoms with Crippen LogP contribution in [0.25, 0.3) is 0 Å². The quantitative estimate of drug-likeness (QED) is 0.842. The molecule has 0 unspecified atom stereocenters. The van der Waals surface area contributed by atoms with Crippen LogP contribution in [-0.2, 0) is 11.2 Å². The number of aromatic nitrogens is 1. The Morgan fingerprint density at radius 3 is 2.92 bits per heavy atom. The summed E-state index contributed by atoms with van der Waals surface area (Å²) in [6, 6.07) is 3.63. The number of halogens is 1. The molecule has 0 aliphatic rings. The monoisotopic (exact) mass is 229 g/mol. The second-order valence-electron chi connectivity index (χ2n) is 2.45. The largest absolute Gasteiger partial charge is 0.481 e. The van der Waals surface area contributed by atoms with Crippen molar-refractivity contribution >= 4 is 21.9 Å². The summed E-state index contributed by atoms with van der Waals surface area (Å²) in [5, 5.41) is 8.52. The molecule has 4 heteroatoms. The highest BCUT2D eigenvalue weighted by atomic mass is 79.9. The molecular weight excluding hydrogens is 222 g/mol. The number of rotatable bonds is 2. The molecule has 0 aliphatic carbocycles. The third-order valence-corrected chi connectivity index (χ3v) is 2.10. The van der Waals surface area contributed by atoms with E-state index in [9.17, 15) is 4.79 Å². The molecule has 0 spiro atoms. The smallest absolute Gasteiger partial charge is 0.309 e. The SMILES string of the molecule is Cc1ccc(Br)c(CC(=O)O)n1. The summed E-state index contributed by atoms with van der Waals surface area (Å²) in [7, 11) is 0. The van der Waals surface area contributed by atoms with Gasteiger partial charge in [0.25, 0.3) is 0 Å². The van der Waals surface area contributed by atoms with Crippen LogP contribution in [0.1, 0.15) is 11.4 Å². The van der Waals surface area contributed by atoms with Crippen LogP contribution in [-0.4, -0.2) is 16.1 Å². The number of carboxylic acids is 1. The molecule has 1 N–H and O–H groups in total. The first-order valence-electron chi connectivity index (χ1n) is 3.43. The van der Waals surface area contributed by atoms with Crippen molar-refractivity contribution in [2.45, 2.75) is 13.3 Å². The Balaban J connectivity index is 2.97. The Kier molecular flexibility index (Phi) is 2.81. The molecule has 0 saturated heterocycles. The molecule has 1 aromatic heterocycles. The van der Waals surface area contributed by atoms with E-state index in [2.05, 4.69) is 20.9 Å². The van der Waals surface area contributed by atoms with E-state index in [4.69, 9.17) is 5.11 Å². The third-order valence-electron chi connectivity index (χ3n) is 1.38. The van der Waals surface area contributed by atoms with Crippen molar-refractivity contribution in [2.75, 3.05) is 0 Å². The number of hydrogen-bond donors (Lipinski definition) is 1. The van der Waals surface area contributed by atoms with Gasteiger partial charge in [-0.05, 0) is 35.0 Å². The summed E-state index contributed by atoms with van der Waals surface area (Å²) in [5.41, 5.74) is 1.40. The summed E-state index contributed by atoms with van der Waals surface area (Å²) >= 11 is 3.23. The van der Waals surface area contributed by atoms with Gasteiger partial charge in [0.05, 0.1) is 12.1 Å². The number of aliphatic carboxylic acids is 1. The fourth-order valence-corrected chi connectivity index (χ4v) is 1.22. The molecule has 3 nitrogen and oxygen atoms in total. The van der Waals surface area contributed by atoms with E-state index in [0.29, 0.717) is 5.69 Å². The Morgan fingerprint density at radius 1 is 1.67 bits per heavy atom. The van der Waals surface area contributed by atoms with E-state index in [0.717, 1.165) is 10.2 Å². The number of aryl methyl sites for hydroxylation is 1. The van der Waals surface area contributed by atoms with Crippen molar-refractivity contribution in [3.8, 4) is 0 Å². The van der Waals surface area contributed by atoms with E-state index in [-0.39, 0.29) is 6.42 Å². The fourth-order valence-electron chi connectivity index (χ4n) is 0.861. The highest BCUT2D eigenvalue weighted by Gasteiger charge is 2.05. The van der Waals surface area contributed by atoms with Gasteiger partial charge in [0, 0.05) is 10.2 Å². The second kappa shape index (κ2) is 3.67. The lowest BCUT2D eigenvalue weighted by Crippen LogP contribution is -2.03. The van der Waals surface area contributed by atoms with Crippen molar-refractivity contribution in [3.05, 3.63) is 28.0 Å². The van der Waals surface area contributed by atoms with E-state index in [1.54, 1.807) is 6.07 Å². The average molecular weight is 230 g/mol. The molecule has 1 aromatic rings.